The van der Waals surface area contributed by atoms with Crippen molar-refractivity contribution in [2.24, 2.45) is 0 Å². The predicted molar refractivity (Wildman–Crippen MR) is 112 cm³/mol. The summed E-state index contributed by atoms with van der Waals surface area (Å²) >= 11 is 1.54. The van der Waals surface area contributed by atoms with Gasteiger partial charge in [0, 0.05) is 22.2 Å². The third kappa shape index (κ3) is 3.84. The normalized spacial score (nSPS) is 10.8. The van der Waals surface area contributed by atoms with Gasteiger partial charge in [0.1, 0.15) is 5.01 Å². The molecule has 0 unspecified atom stereocenters. The van der Waals surface area contributed by atoms with Crippen molar-refractivity contribution in [1.82, 2.24) is 4.98 Å². The van der Waals surface area contributed by atoms with Crippen LogP contribution < -0.4 is 5.32 Å². The van der Waals surface area contributed by atoms with Gasteiger partial charge < -0.3 is 5.32 Å². The second kappa shape index (κ2) is 8.12. The van der Waals surface area contributed by atoms with Gasteiger partial charge in [-0.15, -0.1) is 11.3 Å². The highest BCUT2D eigenvalue weighted by Gasteiger charge is 2.19. The number of rotatable bonds is 4. The minimum absolute atomic E-state index is 0.391. The molecule has 1 heterocycles. The highest BCUT2D eigenvalue weighted by atomic mass is 32.1. The van der Waals surface area contributed by atoms with Gasteiger partial charge in [0.25, 0.3) is 5.91 Å². The number of hydrogen-bond donors (Lipinski definition) is 1. The largest absolute Gasteiger partial charge is 0.322 e. The number of anilines is 1. The van der Waals surface area contributed by atoms with Gasteiger partial charge in [0.15, 0.2) is 17.5 Å². The van der Waals surface area contributed by atoms with Crippen LogP contribution in [-0.2, 0) is 0 Å². The quantitative estimate of drug-likeness (QED) is 0.382. The van der Waals surface area contributed by atoms with Crippen molar-refractivity contribution in [3.8, 4) is 21.8 Å². The molecule has 0 spiro atoms. The summed E-state index contributed by atoms with van der Waals surface area (Å²) in [6.45, 7) is 2.03. The fourth-order valence-corrected chi connectivity index (χ4v) is 3.89. The van der Waals surface area contributed by atoms with Crippen molar-refractivity contribution in [3.05, 3.63) is 94.6 Å². The lowest BCUT2D eigenvalue weighted by molar-refractivity contribution is 0.102. The molecule has 1 N–H and O–H groups in total. The van der Waals surface area contributed by atoms with Gasteiger partial charge in [-0.25, -0.2) is 18.2 Å². The molecule has 30 heavy (non-hydrogen) atoms. The molecular weight excluding hydrogens is 409 g/mol. The minimum atomic E-state index is -1.68. The Morgan fingerprint density at radius 2 is 1.67 bits per heavy atom. The molecule has 0 fully saturated rings. The average Bonchev–Trinajstić information content (AvgIpc) is 3.23. The van der Waals surface area contributed by atoms with Crippen LogP contribution in [0, 0.1) is 24.4 Å². The van der Waals surface area contributed by atoms with Gasteiger partial charge >= 0.3 is 0 Å². The van der Waals surface area contributed by atoms with Crippen LogP contribution >= 0.6 is 11.3 Å². The summed E-state index contributed by atoms with van der Waals surface area (Å²) in [7, 11) is 0. The van der Waals surface area contributed by atoms with Crippen molar-refractivity contribution in [2.45, 2.75) is 6.92 Å². The van der Waals surface area contributed by atoms with E-state index in [1.54, 1.807) is 24.3 Å². The standard InChI is InChI=1S/C23H15F3N2OS/c1-13-4-2-3-5-16(13)23-28-19(12-30-23)14-6-8-15(9-7-14)27-22(29)17-10-11-18(24)21(26)20(17)25/h2-12H,1H3,(H,27,29). The van der Waals surface area contributed by atoms with Crippen LogP contribution in [0.4, 0.5) is 18.9 Å². The first-order chi connectivity index (χ1) is 14.4. The van der Waals surface area contributed by atoms with E-state index in [1.165, 1.54) is 11.3 Å². The molecule has 0 aliphatic heterocycles. The van der Waals surface area contributed by atoms with E-state index in [-0.39, 0.29) is 0 Å². The van der Waals surface area contributed by atoms with E-state index >= 15 is 0 Å². The Kier molecular flexibility index (Phi) is 5.37. The van der Waals surface area contributed by atoms with Crippen LogP contribution in [0.15, 0.2) is 66.0 Å². The number of halogens is 3. The Balaban J connectivity index is 1.52. The zero-order valence-corrected chi connectivity index (χ0v) is 16.6. The van der Waals surface area contributed by atoms with Crippen LogP contribution in [0.5, 0.6) is 0 Å². The monoisotopic (exact) mass is 424 g/mol. The lowest BCUT2D eigenvalue weighted by Crippen LogP contribution is -2.15. The summed E-state index contributed by atoms with van der Waals surface area (Å²) in [5.74, 6) is -5.40. The molecule has 0 atom stereocenters. The van der Waals surface area contributed by atoms with Crippen LogP contribution in [0.3, 0.4) is 0 Å². The zero-order valence-electron chi connectivity index (χ0n) is 15.7. The molecule has 0 radical (unpaired) electrons. The van der Waals surface area contributed by atoms with Crippen LogP contribution in [0.1, 0.15) is 15.9 Å². The third-order valence-electron chi connectivity index (χ3n) is 4.60. The lowest BCUT2D eigenvalue weighted by Gasteiger charge is -2.07. The molecule has 0 aliphatic rings. The number of aryl methyl sites for hydroxylation is 1. The van der Waals surface area contributed by atoms with E-state index in [0.717, 1.165) is 33.5 Å². The van der Waals surface area contributed by atoms with Gasteiger partial charge in [0.05, 0.1) is 11.3 Å². The number of carbonyl (C=O) groups is 1. The Labute approximate surface area is 174 Å². The smallest absolute Gasteiger partial charge is 0.258 e. The molecule has 3 aromatic carbocycles. The Bertz CT molecular complexity index is 1240. The first kappa shape index (κ1) is 19.8. The van der Waals surface area contributed by atoms with E-state index in [2.05, 4.69) is 10.3 Å². The number of benzene rings is 3. The van der Waals surface area contributed by atoms with Gasteiger partial charge in [-0.3, -0.25) is 4.79 Å². The Hall–Kier alpha value is -3.45. The van der Waals surface area contributed by atoms with Crippen molar-refractivity contribution in [2.75, 3.05) is 5.32 Å². The first-order valence-corrected chi connectivity index (χ1v) is 9.89. The SMILES string of the molecule is Cc1ccccc1-c1nc(-c2ccc(NC(=O)c3ccc(F)c(F)c3F)cc2)cs1. The summed E-state index contributed by atoms with van der Waals surface area (Å²) in [4.78, 5) is 16.9. The summed E-state index contributed by atoms with van der Waals surface area (Å²) in [6.07, 6.45) is 0. The van der Waals surface area contributed by atoms with Crippen LogP contribution in [0.25, 0.3) is 21.8 Å². The fraction of sp³-hybridized carbons (Fsp3) is 0.0435. The van der Waals surface area contributed by atoms with Crippen molar-refractivity contribution in [3.63, 3.8) is 0 Å². The molecule has 7 heteroatoms. The number of nitrogens with one attached hydrogen (secondary N) is 1. The van der Waals surface area contributed by atoms with Crippen LogP contribution in [-0.4, -0.2) is 10.9 Å². The number of thiazole rings is 1. The molecule has 3 nitrogen and oxygen atoms in total. The highest BCUT2D eigenvalue weighted by Crippen LogP contribution is 2.31. The van der Waals surface area contributed by atoms with E-state index in [0.29, 0.717) is 11.8 Å². The first-order valence-electron chi connectivity index (χ1n) is 9.01. The highest BCUT2D eigenvalue weighted by molar-refractivity contribution is 7.13. The summed E-state index contributed by atoms with van der Waals surface area (Å²) in [5, 5.41) is 5.34. The molecular formula is C23H15F3N2OS. The maximum Gasteiger partial charge on any atom is 0.258 e. The van der Waals surface area contributed by atoms with Crippen molar-refractivity contribution >= 4 is 22.9 Å². The van der Waals surface area contributed by atoms with Crippen molar-refractivity contribution < 1.29 is 18.0 Å². The molecule has 0 saturated carbocycles. The van der Waals surface area contributed by atoms with E-state index < -0.39 is 28.9 Å². The topological polar surface area (TPSA) is 42.0 Å². The second-order valence-corrected chi connectivity index (χ2v) is 7.47. The lowest BCUT2D eigenvalue weighted by atomic mass is 10.1. The number of hydrogen-bond acceptors (Lipinski definition) is 3. The second-order valence-electron chi connectivity index (χ2n) is 6.61. The zero-order chi connectivity index (χ0) is 21.3. The van der Waals surface area contributed by atoms with E-state index in [1.807, 2.05) is 36.6 Å². The fourth-order valence-electron chi connectivity index (χ4n) is 2.97. The maximum absolute atomic E-state index is 13.8. The average molecular weight is 424 g/mol. The van der Waals surface area contributed by atoms with Gasteiger partial charge in [-0.2, -0.15) is 0 Å². The molecule has 1 amide bonds. The van der Waals surface area contributed by atoms with Gasteiger partial charge in [-0.1, -0.05) is 36.4 Å². The van der Waals surface area contributed by atoms with Crippen LogP contribution in [0.2, 0.25) is 0 Å². The maximum atomic E-state index is 13.8. The third-order valence-corrected chi connectivity index (χ3v) is 5.47. The molecule has 0 bridgehead atoms. The summed E-state index contributed by atoms with van der Waals surface area (Å²) in [5.41, 5.74) is 3.68. The molecule has 4 rings (SSSR count). The number of carbonyl (C=O) groups excluding carboxylic acids is 1. The molecule has 0 saturated heterocycles. The predicted octanol–water partition coefficient (Wildman–Crippen LogP) is 6.46. The van der Waals surface area contributed by atoms with E-state index in [9.17, 15) is 18.0 Å². The molecule has 4 aromatic rings. The number of amides is 1. The van der Waals surface area contributed by atoms with Gasteiger partial charge in [0.2, 0.25) is 0 Å². The molecule has 0 aliphatic carbocycles. The Morgan fingerprint density at radius 3 is 2.40 bits per heavy atom. The molecule has 1 aromatic heterocycles. The Morgan fingerprint density at radius 1 is 0.933 bits per heavy atom. The van der Waals surface area contributed by atoms with E-state index in [4.69, 9.17) is 0 Å². The van der Waals surface area contributed by atoms with Crippen molar-refractivity contribution in [1.29, 1.82) is 0 Å². The summed E-state index contributed by atoms with van der Waals surface area (Å²) in [6, 6.07) is 16.4. The summed E-state index contributed by atoms with van der Waals surface area (Å²) < 4.78 is 40.2. The number of nitrogens with zero attached hydrogens (tertiary/aromatic N) is 1. The van der Waals surface area contributed by atoms with Gasteiger partial charge in [-0.05, 0) is 36.8 Å². The minimum Gasteiger partial charge on any atom is -0.322 e. The number of aromatic nitrogens is 1. The molecule has 150 valence electrons.